The van der Waals surface area contributed by atoms with E-state index in [1.54, 1.807) is 86.6 Å². The molecule has 0 fully saturated rings. The van der Waals surface area contributed by atoms with Gasteiger partial charge in [-0.3, -0.25) is 29.1 Å². The minimum absolute atomic E-state index is 0.135. The molecule has 210 valence electrons. The predicted octanol–water partition coefficient (Wildman–Crippen LogP) is 3.42. The number of carbonyl (C=O) groups excluding carboxylic acids is 4. The van der Waals surface area contributed by atoms with Gasteiger partial charge in [-0.05, 0) is 23.6 Å². The highest BCUT2D eigenvalue weighted by Gasteiger charge is 2.47. The van der Waals surface area contributed by atoms with Crippen molar-refractivity contribution in [1.82, 2.24) is 19.9 Å². The number of nitrogens with zero attached hydrogens (tertiary/aromatic N) is 4. The molecule has 1 aliphatic rings. The summed E-state index contributed by atoms with van der Waals surface area (Å²) in [5.74, 6) is -5.26. The summed E-state index contributed by atoms with van der Waals surface area (Å²) >= 11 is 0. The first kappa shape index (κ1) is 28.9. The number of benzene rings is 2. The van der Waals surface area contributed by atoms with Crippen LogP contribution in [-0.2, 0) is 25.6 Å². The fourth-order valence-corrected chi connectivity index (χ4v) is 4.86. The number of amides is 3. The summed E-state index contributed by atoms with van der Waals surface area (Å²) in [5, 5.41) is 11.7. The molecule has 0 spiro atoms. The molecular formula is C31H30N4O6. The standard InChI is InChI=1S/C31H30N4O6/c1-20(2)27-30(39)35(34(21(3)36)25(28(37)31(40)41)17-22-11-6-4-7-12-22)26(23-13-8-5-9-14-23)19-33(27)29(38)24-15-10-16-32-18-24/h4-16,18-20,25,27H,17H2,1-3H3,(H,40,41)/t25-,27?/m0/s1. The molecule has 1 unspecified atom stereocenters. The van der Waals surface area contributed by atoms with Crippen LogP contribution in [0, 0.1) is 5.92 Å². The SMILES string of the molecule is CC(=O)N([C@@H](Cc1ccccc1)C(=O)C(=O)O)N1C(=O)C(C(C)C)N(C(=O)c2cccnc2)C=C1c1ccccc1. The molecule has 1 aliphatic heterocycles. The third kappa shape index (κ3) is 6.06. The Balaban J connectivity index is 1.93. The van der Waals surface area contributed by atoms with Gasteiger partial charge in [-0.15, -0.1) is 0 Å². The smallest absolute Gasteiger partial charge is 0.374 e. The molecule has 1 N–H and O–H groups in total. The van der Waals surface area contributed by atoms with Gasteiger partial charge >= 0.3 is 5.97 Å². The fraction of sp³-hybridized carbons (Fsp3) is 0.226. The van der Waals surface area contributed by atoms with E-state index in [4.69, 9.17) is 0 Å². The maximum Gasteiger partial charge on any atom is 0.374 e. The molecule has 2 heterocycles. The van der Waals surface area contributed by atoms with E-state index >= 15 is 0 Å². The Bertz CT molecular complexity index is 1470. The van der Waals surface area contributed by atoms with Crippen LogP contribution in [0.3, 0.4) is 0 Å². The minimum atomic E-state index is -1.74. The molecule has 0 saturated heterocycles. The first-order chi connectivity index (χ1) is 19.6. The van der Waals surface area contributed by atoms with Crippen LogP contribution >= 0.6 is 0 Å². The second-order valence-electron chi connectivity index (χ2n) is 9.91. The molecule has 3 amide bonds. The second-order valence-corrected chi connectivity index (χ2v) is 9.91. The number of ketones is 1. The Morgan fingerprint density at radius 3 is 2.12 bits per heavy atom. The van der Waals surface area contributed by atoms with Crippen LogP contribution in [0.2, 0.25) is 0 Å². The zero-order valence-corrected chi connectivity index (χ0v) is 22.9. The van der Waals surface area contributed by atoms with E-state index in [1.807, 2.05) is 0 Å². The molecule has 3 aromatic rings. The van der Waals surface area contributed by atoms with Gasteiger partial charge in [0, 0.05) is 37.5 Å². The van der Waals surface area contributed by atoms with Crippen molar-refractivity contribution in [2.75, 3.05) is 0 Å². The van der Waals surface area contributed by atoms with Crippen LogP contribution in [0.25, 0.3) is 5.70 Å². The quantitative estimate of drug-likeness (QED) is 0.402. The number of hydrogen-bond donors (Lipinski definition) is 1. The lowest BCUT2D eigenvalue weighted by molar-refractivity contribution is -0.169. The lowest BCUT2D eigenvalue weighted by Gasteiger charge is -2.46. The molecular weight excluding hydrogens is 524 g/mol. The van der Waals surface area contributed by atoms with E-state index < -0.39 is 47.5 Å². The monoisotopic (exact) mass is 554 g/mol. The highest BCUT2D eigenvalue weighted by Crippen LogP contribution is 2.34. The molecule has 41 heavy (non-hydrogen) atoms. The average molecular weight is 555 g/mol. The molecule has 0 aliphatic carbocycles. The highest BCUT2D eigenvalue weighted by atomic mass is 16.4. The van der Waals surface area contributed by atoms with Gasteiger partial charge in [0.25, 0.3) is 17.6 Å². The summed E-state index contributed by atoms with van der Waals surface area (Å²) in [6.45, 7) is 4.68. The van der Waals surface area contributed by atoms with Crippen molar-refractivity contribution in [3.05, 3.63) is 108 Å². The van der Waals surface area contributed by atoms with Crippen LogP contribution in [0.1, 0.15) is 42.3 Å². The van der Waals surface area contributed by atoms with Crippen molar-refractivity contribution in [3.8, 4) is 0 Å². The third-order valence-electron chi connectivity index (χ3n) is 6.71. The zero-order chi connectivity index (χ0) is 29.7. The van der Waals surface area contributed by atoms with E-state index in [-0.39, 0.29) is 17.7 Å². The van der Waals surface area contributed by atoms with Gasteiger partial charge in [0.05, 0.1) is 11.3 Å². The van der Waals surface area contributed by atoms with Crippen LogP contribution in [0.4, 0.5) is 0 Å². The summed E-state index contributed by atoms with van der Waals surface area (Å²) in [4.78, 5) is 71.9. The summed E-state index contributed by atoms with van der Waals surface area (Å²) in [5.41, 5.74) is 1.46. The van der Waals surface area contributed by atoms with E-state index in [1.165, 1.54) is 30.4 Å². The van der Waals surface area contributed by atoms with Gasteiger partial charge in [0.15, 0.2) is 0 Å². The average Bonchev–Trinajstić information content (AvgIpc) is 2.97. The van der Waals surface area contributed by atoms with Crippen molar-refractivity contribution in [1.29, 1.82) is 0 Å². The van der Waals surface area contributed by atoms with Gasteiger partial charge in [0.1, 0.15) is 12.1 Å². The number of aromatic nitrogens is 1. The Labute approximate surface area is 237 Å². The van der Waals surface area contributed by atoms with Gasteiger partial charge in [-0.25, -0.2) is 14.8 Å². The normalized spacial score (nSPS) is 15.8. The van der Waals surface area contributed by atoms with Gasteiger partial charge < -0.3 is 5.11 Å². The number of hydrazine groups is 1. The Kier molecular flexibility index (Phi) is 8.72. The Hall–Kier alpha value is -5.12. The van der Waals surface area contributed by atoms with Crippen LogP contribution < -0.4 is 0 Å². The molecule has 1 aromatic heterocycles. The maximum atomic E-state index is 14.4. The number of pyridine rings is 1. The van der Waals surface area contributed by atoms with Gasteiger partial charge in [0.2, 0.25) is 5.91 Å². The molecule has 0 radical (unpaired) electrons. The molecule has 2 atom stereocenters. The van der Waals surface area contributed by atoms with E-state index in [9.17, 15) is 29.1 Å². The second kappa shape index (κ2) is 12.4. The first-order valence-electron chi connectivity index (χ1n) is 13.1. The Morgan fingerprint density at radius 1 is 0.951 bits per heavy atom. The number of hydrogen-bond acceptors (Lipinski definition) is 6. The first-order valence-corrected chi connectivity index (χ1v) is 13.1. The topological polar surface area (TPSA) is 128 Å². The predicted molar refractivity (Wildman–Crippen MR) is 149 cm³/mol. The number of rotatable bonds is 9. The molecule has 0 bridgehead atoms. The van der Waals surface area contributed by atoms with Crippen LogP contribution in [0.15, 0.2) is 91.4 Å². The minimum Gasteiger partial charge on any atom is -0.475 e. The molecule has 2 aromatic carbocycles. The van der Waals surface area contributed by atoms with E-state index in [0.29, 0.717) is 11.1 Å². The molecule has 10 nitrogen and oxygen atoms in total. The fourth-order valence-electron chi connectivity index (χ4n) is 4.86. The van der Waals surface area contributed by atoms with Crippen molar-refractivity contribution in [3.63, 3.8) is 0 Å². The maximum absolute atomic E-state index is 14.4. The molecule has 0 saturated carbocycles. The van der Waals surface area contributed by atoms with Crippen LogP contribution in [-0.4, -0.2) is 66.6 Å². The summed E-state index contributed by atoms with van der Waals surface area (Å²) in [7, 11) is 0. The van der Waals surface area contributed by atoms with Gasteiger partial charge in [-0.1, -0.05) is 74.5 Å². The van der Waals surface area contributed by atoms with Crippen LogP contribution in [0.5, 0.6) is 0 Å². The van der Waals surface area contributed by atoms with Crippen molar-refractivity contribution >= 4 is 35.2 Å². The number of carbonyl (C=O) groups is 5. The van der Waals surface area contributed by atoms with Gasteiger partial charge in [-0.2, -0.15) is 0 Å². The summed E-state index contributed by atoms with van der Waals surface area (Å²) in [6.07, 6.45) is 4.25. The highest BCUT2D eigenvalue weighted by molar-refractivity contribution is 6.35. The van der Waals surface area contributed by atoms with E-state index in [2.05, 4.69) is 4.98 Å². The number of aliphatic carboxylic acids is 1. The van der Waals surface area contributed by atoms with Crippen molar-refractivity contribution < 1.29 is 29.1 Å². The lowest BCUT2D eigenvalue weighted by Crippen LogP contribution is -2.64. The summed E-state index contributed by atoms with van der Waals surface area (Å²) < 4.78 is 0. The number of carboxylic acids is 1. The zero-order valence-electron chi connectivity index (χ0n) is 22.9. The van der Waals surface area contributed by atoms with Crippen molar-refractivity contribution in [2.24, 2.45) is 5.92 Å². The van der Waals surface area contributed by atoms with Crippen molar-refractivity contribution in [2.45, 2.75) is 39.3 Å². The number of carboxylic acid groups (broad SMARTS) is 1. The van der Waals surface area contributed by atoms with E-state index in [0.717, 1.165) is 10.0 Å². The third-order valence-corrected chi connectivity index (χ3v) is 6.71. The largest absolute Gasteiger partial charge is 0.475 e. The lowest BCUT2D eigenvalue weighted by atomic mass is 9.96. The molecule has 10 heteroatoms. The summed E-state index contributed by atoms with van der Waals surface area (Å²) in [6, 6.07) is 17.8. The molecule has 4 rings (SSSR count). The number of Topliss-reactive ketones (excluding diaryl/α,β-unsaturated/α-hetero) is 1. The Morgan fingerprint density at radius 2 is 1.59 bits per heavy atom.